The van der Waals surface area contributed by atoms with Crippen molar-refractivity contribution < 1.29 is 58.1 Å². The second-order valence-electron chi connectivity index (χ2n) is 9.67. The minimum atomic E-state index is -0.805. The smallest absolute Gasteiger partial charge is 0.871 e. The fourth-order valence-corrected chi connectivity index (χ4v) is 3.58. The van der Waals surface area contributed by atoms with Crippen LogP contribution in [0.4, 0.5) is 34.1 Å². The molecule has 0 aliphatic heterocycles. The van der Waals surface area contributed by atoms with E-state index in [-0.39, 0.29) is 41.0 Å². The molecule has 4 aromatic rings. The molecule has 19 heteroatoms. The molecule has 0 aliphatic rings. The van der Waals surface area contributed by atoms with Crippen LogP contribution < -0.4 is 31.1 Å². The summed E-state index contributed by atoms with van der Waals surface area (Å²) in [6.45, 7) is 2.23. The molecule has 262 valence electrons. The molecule has 4 aromatic carbocycles. The molecule has 0 fully saturated rings. The molecule has 0 saturated carbocycles. The Kier molecular flexibility index (Phi) is 15.1. The third kappa shape index (κ3) is 12.2. The Morgan fingerprint density at radius 3 is 1.24 bits per heavy atom. The quantitative estimate of drug-likeness (QED) is 0.0683. The number of nitrogens with zero attached hydrogens (tertiary/aromatic N) is 6. The average molecular weight is 741 g/mol. The number of benzene rings is 4. The number of carbonyl (C=O) groups excluding carboxylic acids is 2. The molecule has 0 aromatic heterocycles. The van der Waals surface area contributed by atoms with E-state index in [4.69, 9.17) is 0 Å². The number of ketones is 2. The number of rotatable bonds is 12. The maximum absolute atomic E-state index is 12.1. The molecule has 18 nitrogen and oxygen atoms in total. The molecular weight excluding hydrogens is 715 g/mol. The predicted molar refractivity (Wildman–Crippen MR) is 171 cm³/mol. The maximum Gasteiger partial charge on any atom is 3.00 e. The zero-order chi connectivity index (χ0) is 36.8. The molecule has 0 saturated heterocycles. The van der Waals surface area contributed by atoms with Gasteiger partial charge in [-0.2, -0.15) is 10.2 Å². The van der Waals surface area contributed by atoms with Gasteiger partial charge in [-0.15, -0.1) is 10.2 Å². The molecule has 0 amide bonds. The molecular formula is C32H25CoN8O10. The van der Waals surface area contributed by atoms with Crippen LogP contribution in [0.3, 0.4) is 0 Å². The molecule has 0 bridgehead atoms. The Bertz CT molecular complexity index is 1880. The van der Waals surface area contributed by atoms with Gasteiger partial charge >= 0.3 is 18.2 Å². The van der Waals surface area contributed by atoms with Crippen molar-refractivity contribution in [2.24, 2.45) is 20.5 Å². The van der Waals surface area contributed by atoms with Crippen LogP contribution in [0.15, 0.2) is 141 Å². The van der Waals surface area contributed by atoms with E-state index in [9.17, 15) is 50.2 Å². The van der Waals surface area contributed by atoms with Crippen molar-refractivity contribution in [1.29, 1.82) is 0 Å². The first-order valence-corrected chi connectivity index (χ1v) is 14.0. The van der Waals surface area contributed by atoms with Gasteiger partial charge in [0.25, 0.3) is 11.4 Å². The van der Waals surface area contributed by atoms with Crippen LogP contribution in [0, 0.1) is 20.2 Å². The van der Waals surface area contributed by atoms with Crippen molar-refractivity contribution in [1.82, 2.24) is 0 Å². The van der Waals surface area contributed by atoms with Gasteiger partial charge in [-0.3, -0.25) is 29.8 Å². The zero-order valence-electron chi connectivity index (χ0n) is 27.3. The summed E-state index contributed by atoms with van der Waals surface area (Å²) in [6.07, 6.45) is 0. The second-order valence-corrected chi connectivity index (χ2v) is 9.67. The van der Waals surface area contributed by atoms with Gasteiger partial charge in [-0.1, -0.05) is 60.0 Å². The van der Waals surface area contributed by atoms with E-state index in [1.807, 2.05) is 0 Å². The van der Waals surface area contributed by atoms with Crippen molar-refractivity contribution in [3.05, 3.63) is 140 Å². The van der Waals surface area contributed by atoms with Gasteiger partial charge in [0.15, 0.2) is 11.6 Å². The topological polar surface area (TPSA) is 286 Å². The molecule has 0 heterocycles. The Labute approximate surface area is 300 Å². The van der Waals surface area contributed by atoms with Crippen LogP contribution >= 0.6 is 0 Å². The summed E-state index contributed by atoms with van der Waals surface area (Å²) in [5.41, 5.74) is -1.58. The van der Waals surface area contributed by atoms with Gasteiger partial charge in [-0.05, 0) is 36.0 Å². The molecule has 51 heavy (non-hydrogen) atoms. The Morgan fingerprint density at radius 1 is 0.608 bits per heavy atom. The molecule has 0 radical (unpaired) electrons. The Hall–Kier alpha value is -6.99. The van der Waals surface area contributed by atoms with Crippen LogP contribution in [0.5, 0.6) is 11.5 Å². The molecule has 4 rings (SSSR count). The summed E-state index contributed by atoms with van der Waals surface area (Å²) in [6, 6.07) is 22.5. The monoisotopic (exact) mass is 740 g/mol. The van der Waals surface area contributed by atoms with Crippen LogP contribution in [-0.4, -0.2) is 21.4 Å². The van der Waals surface area contributed by atoms with E-state index in [2.05, 4.69) is 31.1 Å². The third-order valence-electron chi connectivity index (χ3n) is 5.98. The van der Waals surface area contributed by atoms with Gasteiger partial charge in [-0.25, -0.2) is 0 Å². The van der Waals surface area contributed by atoms with E-state index < -0.39 is 56.1 Å². The normalized spacial score (nSPS) is 11.6. The molecule has 0 spiro atoms. The van der Waals surface area contributed by atoms with E-state index in [0.29, 0.717) is 11.4 Å². The minimum Gasteiger partial charge on any atom is -0.871 e. The summed E-state index contributed by atoms with van der Waals surface area (Å²) >= 11 is 0. The minimum absolute atomic E-state index is 0. The molecule has 2 N–H and O–H groups in total. The summed E-state index contributed by atoms with van der Waals surface area (Å²) in [4.78, 5) is 43.3. The van der Waals surface area contributed by atoms with Gasteiger partial charge in [0.05, 0.1) is 21.2 Å². The number of nitro benzene ring substituents is 2. The van der Waals surface area contributed by atoms with E-state index in [1.54, 1.807) is 60.7 Å². The number of nitrogens with one attached hydrogen (secondary N) is 2. The summed E-state index contributed by atoms with van der Waals surface area (Å²) in [5, 5.41) is 88.0. The number of hydrogen-bond acceptors (Lipinski definition) is 16. The van der Waals surface area contributed by atoms with Gasteiger partial charge < -0.3 is 31.1 Å². The largest absolute Gasteiger partial charge is 3.00 e. The van der Waals surface area contributed by atoms with E-state index >= 15 is 0 Å². The van der Waals surface area contributed by atoms with Crippen LogP contribution in [0.1, 0.15) is 15.3 Å². The fourth-order valence-electron chi connectivity index (χ4n) is 3.58. The van der Waals surface area contributed by atoms with Gasteiger partial charge in [0.1, 0.15) is 11.4 Å². The number of hydrogen-bond donors (Lipinski definition) is 2. The zero-order valence-corrected chi connectivity index (χ0v) is 27.4. The standard InChI is InChI=1S/2C16H14N4O5.Co/c2*1-10(21)15(16(23)17-11-5-3-2-4-6-11)19-18-13-9-12(20(24)25)7-8-14(13)22;/h2*2-9,17,22-23H,1H3;/q;;+3/p-3/b2*16-15-,19-18?;. The predicted octanol–water partition coefficient (Wildman–Crippen LogP) is 4.08. The number of para-hydroxylation sites is 2. The van der Waals surface area contributed by atoms with Crippen molar-refractivity contribution in [2.45, 2.75) is 13.8 Å². The first kappa shape index (κ1) is 40.2. The molecule has 0 unspecified atom stereocenters. The SMILES string of the molecule is CC(=O)/C(N=Nc1cc([N+](=O)[O-])ccc1[O-])=C(/[O-])Nc1ccccc1.CC(=O)/C(N=Nc1cc([N+](=O)[O-])ccc1[O-])=C(/[O-])Nc1ccccc1.[Co+3].[H+]. The van der Waals surface area contributed by atoms with Crippen LogP contribution in [0.2, 0.25) is 0 Å². The van der Waals surface area contributed by atoms with E-state index in [0.717, 1.165) is 50.2 Å². The number of carbonyl (C=O) groups is 2. The molecule has 0 atom stereocenters. The summed E-state index contributed by atoms with van der Waals surface area (Å²) in [7, 11) is 0. The summed E-state index contributed by atoms with van der Waals surface area (Å²) < 4.78 is 0. The van der Waals surface area contributed by atoms with Crippen LogP contribution in [-0.2, 0) is 26.4 Å². The number of anilines is 2. The van der Waals surface area contributed by atoms with E-state index in [1.165, 1.54) is 0 Å². The average Bonchev–Trinajstić information content (AvgIpc) is 3.07. The van der Waals surface area contributed by atoms with Crippen molar-refractivity contribution in [2.75, 3.05) is 10.6 Å². The number of Topliss-reactive ketones (excluding diaryl/α,β-unsaturated/α-hetero) is 2. The Balaban J connectivity index is 0.000000501. The maximum atomic E-state index is 12.1. The molecule has 0 aliphatic carbocycles. The second kappa shape index (κ2) is 19.1. The summed E-state index contributed by atoms with van der Waals surface area (Å²) in [5.74, 6) is -4.20. The van der Waals surface area contributed by atoms with Crippen molar-refractivity contribution >= 4 is 45.7 Å². The Morgan fingerprint density at radius 2 is 0.941 bits per heavy atom. The third-order valence-corrected chi connectivity index (χ3v) is 5.98. The first-order chi connectivity index (χ1) is 23.8. The fraction of sp³-hybridized carbons (Fsp3) is 0.0625. The van der Waals surface area contributed by atoms with Gasteiger partial charge in [0, 0.05) is 49.5 Å². The van der Waals surface area contributed by atoms with Crippen molar-refractivity contribution in [3.63, 3.8) is 0 Å². The number of azo groups is 2. The first-order valence-electron chi connectivity index (χ1n) is 14.0. The number of non-ortho nitro benzene ring substituents is 2. The van der Waals surface area contributed by atoms with Crippen LogP contribution in [0.25, 0.3) is 0 Å². The number of nitro groups is 2. The van der Waals surface area contributed by atoms with Gasteiger partial charge in [0.2, 0.25) is 0 Å². The van der Waals surface area contributed by atoms with Crippen molar-refractivity contribution in [3.8, 4) is 11.5 Å². The number of allylic oxidation sites excluding steroid dienone is 2.